The predicted molar refractivity (Wildman–Crippen MR) is 66.5 cm³/mol. The summed E-state index contributed by atoms with van der Waals surface area (Å²) in [4.78, 5) is 0. The van der Waals surface area contributed by atoms with Crippen LogP contribution in [0, 0.1) is 5.41 Å². The molecule has 1 unspecified atom stereocenters. The first-order valence-corrected chi connectivity index (χ1v) is 6.23. The van der Waals surface area contributed by atoms with Gasteiger partial charge in [0.1, 0.15) is 5.76 Å². The molecule has 2 rings (SSSR count). The Morgan fingerprint density at radius 1 is 1.44 bits per heavy atom. The van der Waals surface area contributed by atoms with Gasteiger partial charge in [-0.2, -0.15) is 0 Å². The lowest BCUT2D eigenvalue weighted by Gasteiger charge is -2.36. The van der Waals surface area contributed by atoms with Gasteiger partial charge in [-0.15, -0.1) is 0 Å². The molecule has 1 atom stereocenters. The highest BCUT2D eigenvalue weighted by atomic mass is 16.3. The molecular weight excluding hydrogens is 198 g/mol. The lowest BCUT2D eigenvalue weighted by atomic mass is 9.79. The number of furan rings is 1. The lowest BCUT2D eigenvalue weighted by Crippen LogP contribution is -2.44. The van der Waals surface area contributed by atoms with Crippen molar-refractivity contribution in [3.63, 3.8) is 0 Å². The SMILES string of the molecule is CC(C)(C)CCC1(C)NCCc2occc21. The summed E-state index contributed by atoms with van der Waals surface area (Å²) in [6.07, 6.45) is 5.24. The summed E-state index contributed by atoms with van der Waals surface area (Å²) in [5, 5.41) is 3.65. The van der Waals surface area contributed by atoms with Crippen molar-refractivity contribution in [1.82, 2.24) is 5.32 Å². The van der Waals surface area contributed by atoms with Gasteiger partial charge in [-0.3, -0.25) is 0 Å². The Morgan fingerprint density at radius 3 is 2.88 bits per heavy atom. The van der Waals surface area contributed by atoms with E-state index in [4.69, 9.17) is 4.42 Å². The van der Waals surface area contributed by atoms with E-state index in [9.17, 15) is 0 Å². The minimum absolute atomic E-state index is 0.105. The van der Waals surface area contributed by atoms with E-state index in [1.165, 1.54) is 24.2 Å². The van der Waals surface area contributed by atoms with Crippen LogP contribution in [0.3, 0.4) is 0 Å². The van der Waals surface area contributed by atoms with Crippen LogP contribution < -0.4 is 5.32 Å². The van der Waals surface area contributed by atoms with Gasteiger partial charge < -0.3 is 9.73 Å². The first-order chi connectivity index (χ1) is 7.41. The minimum Gasteiger partial charge on any atom is -0.469 e. The minimum atomic E-state index is 0.105. The Bertz CT molecular complexity index is 361. The third-order valence-electron chi connectivity index (χ3n) is 3.58. The van der Waals surface area contributed by atoms with Crippen LogP contribution in [-0.4, -0.2) is 6.54 Å². The molecule has 0 saturated carbocycles. The molecule has 1 aromatic rings. The lowest BCUT2D eigenvalue weighted by molar-refractivity contribution is 0.249. The van der Waals surface area contributed by atoms with Crippen molar-refractivity contribution >= 4 is 0 Å². The van der Waals surface area contributed by atoms with Crippen molar-refractivity contribution in [2.24, 2.45) is 5.41 Å². The number of hydrogen-bond acceptors (Lipinski definition) is 2. The highest BCUT2D eigenvalue weighted by Gasteiger charge is 2.34. The molecule has 0 bridgehead atoms. The quantitative estimate of drug-likeness (QED) is 0.827. The number of nitrogens with one attached hydrogen (secondary N) is 1. The standard InChI is InChI=1S/C14H23NO/c1-13(2,3)7-8-14(4)11-6-10-16-12(11)5-9-15-14/h6,10,15H,5,7-9H2,1-4H3. The normalized spacial score (nSPS) is 25.5. The van der Waals surface area contributed by atoms with E-state index >= 15 is 0 Å². The average molecular weight is 221 g/mol. The summed E-state index contributed by atoms with van der Waals surface area (Å²) in [6, 6.07) is 2.13. The van der Waals surface area contributed by atoms with Crippen molar-refractivity contribution in [2.75, 3.05) is 6.54 Å². The smallest absolute Gasteiger partial charge is 0.110 e. The summed E-state index contributed by atoms with van der Waals surface area (Å²) in [5.74, 6) is 1.18. The molecular formula is C14H23NO. The van der Waals surface area contributed by atoms with E-state index in [-0.39, 0.29) is 5.54 Å². The topological polar surface area (TPSA) is 25.2 Å². The summed E-state index contributed by atoms with van der Waals surface area (Å²) >= 11 is 0. The van der Waals surface area contributed by atoms with Crippen LogP contribution in [0.25, 0.3) is 0 Å². The van der Waals surface area contributed by atoms with E-state index in [0.717, 1.165) is 13.0 Å². The average Bonchev–Trinajstić information content (AvgIpc) is 2.64. The van der Waals surface area contributed by atoms with Gasteiger partial charge in [0.05, 0.1) is 6.26 Å². The van der Waals surface area contributed by atoms with Crippen LogP contribution >= 0.6 is 0 Å². The first-order valence-electron chi connectivity index (χ1n) is 6.23. The maximum Gasteiger partial charge on any atom is 0.110 e. The molecule has 1 aliphatic rings. The Balaban J connectivity index is 2.15. The molecule has 1 aromatic heterocycles. The molecule has 2 heterocycles. The monoisotopic (exact) mass is 221 g/mol. The van der Waals surface area contributed by atoms with Crippen molar-refractivity contribution < 1.29 is 4.42 Å². The highest BCUT2D eigenvalue weighted by Crippen LogP contribution is 2.36. The molecule has 90 valence electrons. The Labute approximate surface area is 98.4 Å². The third kappa shape index (κ3) is 2.32. The van der Waals surface area contributed by atoms with Crippen molar-refractivity contribution in [1.29, 1.82) is 0 Å². The fourth-order valence-corrected chi connectivity index (χ4v) is 2.42. The largest absolute Gasteiger partial charge is 0.469 e. The second kappa shape index (κ2) is 3.92. The van der Waals surface area contributed by atoms with Gasteiger partial charge in [-0.25, -0.2) is 0 Å². The second-order valence-corrected chi connectivity index (χ2v) is 6.33. The van der Waals surface area contributed by atoms with Gasteiger partial charge in [0, 0.05) is 24.1 Å². The van der Waals surface area contributed by atoms with E-state index < -0.39 is 0 Å². The van der Waals surface area contributed by atoms with Crippen molar-refractivity contribution in [3.05, 3.63) is 23.7 Å². The molecule has 0 fully saturated rings. The Hall–Kier alpha value is -0.760. The van der Waals surface area contributed by atoms with Gasteiger partial charge in [0.25, 0.3) is 0 Å². The van der Waals surface area contributed by atoms with E-state index in [0.29, 0.717) is 5.41 Å². The molecule has 0 spiro atoms. The fraction of sp³-hybridized carbons (Fsp3) is 0.714. The summed E-state index contributed by atoms with van der Waals surface area (Å²) in [7, 11) is 0. The molecule has 2 heteroatoms. The van der Waals surface area contributed by atoms with Gasteiger partial charge in [0.15, 0.2) is 0 Å². The Morgan fingerprint density at radius 2 is 2.19 bits per heavy atom. The predicted octanol–water partition coefficient (Wildman–Crippen LogP) is 3.47. The molecule has 16 heavy (non-hydrogen) atoms. The van der Waals surface area contributed by atoms with Crippen LogP contribution in [0.4, 0.5) is 0 Å². The van der Waals surface area contributed by atoms with Crippen LogP contribution in [0.1, 0.15) is 51.9 Å². The van der Waals surface area contributed by atoms with Crippen molar-refractivity contribution in [2.45, 2.75) is 52.5 Å². The fourth-order valence-electron chi connectivity index (χ4n) is 2.42. The molecule has 1 N–H and O–H groups in total. The highest BCUT2D eigenvalue weighted by molar-refractivity contribution is 5.29. The van der Waals surface area contributed by atoms with Gasteiger partial charge >= 0.3 is 0 Å². The van der Waals surface area contributed by atoms with Gasteiger partial charge in [-0.05, 0) is 31.2 Å². The Kier molecular flexibility index (Phi) is 2.87. The molecule has 2 nitrogen and oxygen atoms in total. The number of rotatable bonds is 2. The molecule has 0 aliphatic carbocycles. The molecule has 0 saturated heterocycles. The number of hydrogen-bond donors (Lipinski definition) is 1. The zero-order chi connectivity index (χ0) is 11.8. The van der Waals surface area contributed by atoms with Crippen LogP contribution in [-0.2, 0) is 12.0 Å². The maximum atomic E-state index is 5.54. The third-order valence-corrected chi connectivity index (χ3v) is 3.58. The zero-order valence-electron chi connectivity index (χ0n) is 10.9. The van der Waals surface area contributed by atoms with E-state index in [1.807, 2.05) is 6.26 Å². The van der Waals surface area contributed by atoms with Crippen molar-refractivity contribution in [3.8, 4) is 0 Å². The van der Waals surface area contributed by atoms with Gasteiger partial charge in [0.2, 0.25) is 0 Å². The summed E-state index contributed by atoms with van der Waals surface area (Å²) in [5.41, 5.74) is 1.86. The van der Waals surface area contributed by atoms with Crippen LogP contribution in [0.5, 0.6) is 0 Å². The van der Waals surface area contributed by atoms with Crippen LogP contribution in [0.15, 0.2) is 16.7 Å². The second-order valence-electron chi connectivity index (χ2n) is 6.33. The molecule has 0 amide bonds. The summed E-state index contributed by atoms with van der Waals surface area (Å²) in [6.45, 7) is 10.2. The molecule has 0 aromatic carbocycles. The summed E-state index contributed by atoms with van der Waals surface area (Å²) < 4.78 is 5.54. The van der Waals surface area contributed by atoms with Crippen LogP contribution in [0.2, 0.25) is 0 Å². The molecule has 1 aliphatic heterocycles. The van der Waals surface area contributed by atoms with E-state index in [1.54, 1.807) is 0 Å². The van der Waals surface area contributed by atoms with Gasteiger partial charge in [-0.1, -0.05) is 20.8 Å². The first kappa shape index (κ1) is 11.7. The zero-order valence-corrected chi connectivity index (χ0v) is 10.9. The molecule has 0 radical (unpaired) electrons. The number of fused-ring (bicyclic) bond motifs is 1. The maximum absolute atomic E-state index is 5.54. The van der Waals surface area contributed by atoms with E-state index in [2.05, 4.69) is 39.1 Å².